The molecule has 0 saturated heterocycles. The minimum atomic E-state index is -3.79. The van der Waals surface area contributed by atoms with E-state index in [-0.39, 0.29) is 27.3 Å². The number of carbonyl (C=O) groups is 1. The molecule has 1 aliphatic heterocycles. The Kier molecular flexibility index (Phi) is 6.30. The van der Waals surface area contributed by atoms with Gasteiger partial charge in [-0.05, 0) is 73.0 Å². The summed E-state index contributed by atoms with van der Waals surface area (Å²) in [7, 11) is -7.13. The average Bonchev–Trinajstić information content (AvgIpc) is 3.36. The number of nitrogens with zero attached hydrogens (tertiary/aromatic N) is 3. The zero-order chi connectivity index (χ0) is 26.2. The van der Waals surface area contributed by atoms with E-state index in [1.54, 1.807) is 6.07 Å². The highest BCUT2D eigenvalue weighted by Gasteiger charge is 2.29. The minimum Gasteiger partial charge on any atom is -0.403 e. The second-order valence-electron chi connectivity index (χ2n) is 8.50. The number of amides is 1. The molecule has 5 rings (SSSR count). The van der Waals surface area contributed by atoms with Crippen LogP contribution < -0.4 is 9.62 Å². The van der Waals surface area contributed by atoms with E-state index in [1.165, 1.54) is 52.8 Å². The topological polar surface area (TPSA) is 140 Å². The van der Waals surface area contributed by atoms with Crippen LogP contribution in [-0.4, -0.2) is 45.7 Å². The molecule has 0 unspecified atom stereocenters. The number of benzene rings is 3. The van der Waals surface area contributed by atoms with Gasteiger partial charge in [-0.1, -0.05) is 23.3 Å². The molecule has 0 bridgehead atoms. The van der Waals surface area contributed by atoms with Gasteiger partial charge in [0.15, 0.2) is 9.84 Å². The van der Waals surface area contributed by atoms with Crippen LogP contribution in [0.4, 0.5) is 11.7 Å². The Morgan fingerprint density at radius 2 is 1.57 bits per heavy atom. The molecule has 10 nitrogen and oxygen atoms in total. The zero-order valence-corrected chi connectivity index (χ0v) is 21.3. The smallest absolute Gasteiger partial charge is 0.322 e. The van der Waals surface area contributed by atoms with Crippen molar-refractivity contribution in [2.24, 2.45) is 0 Å². The van der Waals surface area contributed by atoms with Gasteiger partial charge in [-0.2, -0.15) is 0 Å². The van der Waals surface area contributed by atoms with Crippen molar-refractivity contribution in [2.75, 3.05) is 22.4 Å². The summed E-state index contributed by atoms with van der Waals surface area (Å²) in [6, 6.07) is 18.8. The van der Waals surface area contributed by atoms with Crippen LogP contribution >= 0.6 is 0 Å². The van der Waals surface area contributed by atoms with Crippen LogP contribution in [0.3, 0.4) is 0 Å². The fraction of sp³-hybridized carbons (Fsp3) is 0.160. The number of rotatable bonds is 6. The standard InChI is InChI=1S/C25H22N4O6S2/c1-36(31,32)20-12-10-19(11-13-20)24-27-28-25(35-24)26-23(30)18-8-14-21(15-9-18)37(33,34)29-16-4-6-17-5-2-3-7-22(17)29/h2-3,5,7-15H,4,6,16H2,1H3,(H,26,28,30). The number of fused-ring (bicyclic) bond motifs is 1. The van der Waals surface area contributed by atoms with E-state index in [0.29, 0.717) is 17.8 Å². The molecule has 0 saturated carbocycles. The molecular weight excluding hydrogens is 516 g/mol. The number of sulfonamides is 1. The summed E-state index contributed by atoms with van der Waals surface area (Å²) in [6.07, 6.45) is 2.66. The van der Waals surface area contributed by atoms with Gasteiger partial charge in [0.25, 0.3) is 15.9 Å². The monoisotopic (exact) mass is 538 g/mol. The van der Waals surface area contributed by atoms with E-state index in [1.807, 2.05) is 18.2 Å². The Morgan fingerprint density at radius 3 is 2.27 bits per heavy atom. The van der Waals surface area contributed by atoms with Gasteiger partial charge in [-0.15, -0.1) is 5.10 Å². The Bertz CT molecular complexity index is 1680. The molecule has 3 aromatic carbocycles. The Balaban J connectivity index is 1.30. The number of sulfone groups is 1. The van der Waals surface area contributed by atoms with Crippen molar-refractivity contribution >= 4 is 37.5 Å². The van der Waals surface area contributed by atoms with Crippen LogP contribution in [-0.2, 0) is 26.3 Å². The maximum absolute atomic E-state index is 13.3. The zero-order valence-electron chi connectivity index (χ0n) is 19.7. The molecule has 1 aromatic heterocycles. The van der Waals surface area contributed by atoms with Crippen LogP contribution in [0.25, 0.3) is 11.5 Å². The molecule has 0 spiro atoms. The summed E-state index contributed by atoms with van der Waals surface area (Å²) in [6.45, 7) is 0.387. The fourth-order valence-corrected chi connectivity index (χ4v) is 6.23. The highest BCUT2D eigenvalue weighted by atomic mass is 32.2. The molecule has 0 fully saturated rings. The van der Waals surface area contributed by atoms with Crippen LogP contribution in [0.1, 0.15) is 22.3 Å². The van der Waals surface area contributed by atoms with Gasteiger partial charge in [-0.25, -0.2) is 16.8 Å². The first-order chi connectivity index (χ1) is 17.6. The summed E-state index contributed by atoms with van der Waals surface area (Å²) in [5.74, 6) is -0.464. The minimum absolute atomic E-state index is 0.0818. The van der Waals surface area contributed by atoms with E-state index in [9.17, 15) is 21.6 Å². The lowest BCUT2D eigenvalue weighted by molar-refractivity contribution is 0.102. The molecule has 1 N–H and O–H groups in total. The first-order valence-electron chi connectivity index (χ1n) is 11.3. The molecule has 37 heavy (non-hydrogen) atoms. The summed E-state index contributed by atoms with van der Waals surface area (Å²) in [5, 5.41) is 10.2. The van der Waals surface area contributed by atoms with Gasteiger partial charge in [-0.3, -0.25) is 14.4 Å². The number of anilines is 2. The lowest BCUT2D eigenvalue weighted by Gasteiger charge is -2.30. The largest absolute Gasteiger partial charge is 0.403 e. The summed E-state index contributed by atoms with van der Waals surface area (Å²) in [5.41, 5.74) is 2.34. The molecule has 12 heteroatoms. The van der Waals surface area contributed by atoms with Gasteiger partial charge < -0.3 is 4.42 Å². The Morgan fingerprint density at radius 1 is 0.892 bits per heavy atom. The average molecular weight is 539 g/mol. The lowest BCUT2D eigenvalue weighted by atomic mass is 10.0. The van der Waals surface area contributed by atoms with E-state index in [4.69, 9.17) is 4.42 Å². The maximum Gasteiger partial charge on any atom is 0.322 e. The molecule has 190 valence electrons. The van der Waals surface area contributed by atoms with E-state index in [2.05, 4.69) is 15.5 Å². The summed E-state index contributed by atoms with van der Waals surface area (Å²) < 4.78 is 56.7. The van der Waals surface area contributed by atoms with Gasteiger partial charge in [0, 0.05) is 23.9 Å². The number of hydrogen-bond donors (Lipinski definition) is 1. The predicted molar refractivity (Wildman–Crippen MR) is 137 cm³/mol. The second kappa shape index (κ2) is 9.45. The number of nitrogens with one attached hydrogen (secondary N) is 1. The number of para-hydroxylation sites is 1. The molecule has 4 aromatic rings. The highest BCUT2D eigenvalue weighted by molar-refractivity contribution is 7.92. The summed E-state index contributed by atoms with van der Waals surface area (Å²) in [4.78, 5) is 12.9. The van der Waals surface area contributed by atoms with E-state index < -0.39 is 25.8 Å². The number of aryl methyl sites for hydroxylation is 1. The van der Waals surface area contributed by atoms with Gasteiger partial charge in [0.1, 0.15) is 0 Å². The van der Waals surface area contributed by atoms with E-state index in [0.717, 1.165) is 24.7 Å². The van der Waals surface area contributed by atoms with Crippen molar-refractivity contribution in [3.8, 4) is 11.5 Å². The fourth-order valence-electron chi connectivity index (χ4n) is 4.06. The third-order valence-electron chi connectivity index (χ3n) is 5.95. The van der Waals surface area contributed by atoms with Crippen molar-refractivity contribution in [2.45, 2.75) is 22.6 Å². The maximum atomic E-state index is 13.3. The third kappa shape index (κ3) is 4.98. The van der Waals surface area contributed by atoms with Crippen molar-refractivity contribution in [3.05, 3.63) is 83.9 Å². The molecule has 0 aliphatic carbocycles. The quantitative estimate of drug-likeness (QED) is 0.393. The van der Waals surface area contributed by atoms with Crippen molar-refractivity contribution < 1.29 is 26.0 Å². The normalized spacial score (nSPS) is 13.7. The second-order valence-corrected chi connectivity index (χ2v) is 12.4. The van der Waals surface area contributed by atoms with Gasteiger partial charge in [0.05, 0.1) is 15.5 Å². The van der Waals surface area contributed by atoms with Crippen LogP contribution in [0, 0.1) is 0 Å². The first kappa shape index (κ1) is 24.7. The molecule has 2 heterocycles. The van der Waals surface area contributed by atoms with E-state index >= 15 is 0 Å². The third-order valence-corrected chi connectivity index (χ3v) is 8.90. The van der Waals surface area contributed by atoms with Crippen molar-refractivity contribution in [1.29, 1.82) is 0 Å². The highest BCUT2D eigenvalue weighted by Crippen LogP contribution is 2.32. The lowest BCUT2D eigenvalue weighted by Crippen LogP contribution is -2.35. The van der Waals surface area contributed by atoms with Crippen LogP contribution in [0.2, 0.25) is 0 Å². The molecule has 0 atom stereocenters. The predicted octanol–water partition coefficient (Wildman–Crippen LogP) is 3.53. The number of hydrogen-bond acceptors (Lipinski definition) is 8. The van der Waals surface area contributed by atoms with Gasteiger partial charge in [0.2, 0.25) is 5.89 Å². The molecule has 1 aliphatic rings. The van der Waals surface area contributed by atoms with Crippen LogP contribution in [0.15, 0.2) is 87.0 Å². The SMILES string of the molecule is CS(=O)(=O)c1ccc(-c2nnc(NC(=O)c3ccc(S(=O)(=O)N4CCCc5ccccc54)cc3)o2)cc1. The van der Waals surface area contributed by atoms with Crippen molar-refractivity contribution in [3.63, 3.8) is 0 Å². The Labute approximate surface area is 213 Å². The number of carbonyl (C=O) groups excluding carboxylic acids is 1. The van der Waals surface area contributed by atoms with Crippen LogP contribution in [0.5, 0.6) is 0 Å². The van der Waals surface area contributed by atoms with Gasteiger partial charge >= 0.3 is 6.01 Å². The molecule has 1 amide bonds. The molecular formula is C25H22N4O6S2. The summed E-state index contributed by atoms with van der Waals surface area (Å²) >= 11 is 0. The van der Waals surface area contributed by atoms with Crippen molar-refractivity contribution in [1.82, 2.24) is 10.2 Å². The first-order valence-corrected chi connectivity index (χ1v) is 14.6. The molecule has 0 radical (unpaired) electrons. The Hall–Kier alpha value is -4.03. The number of aromatic nitrogens is 2.